The Morgan fingerprint density at radius 1 is 0.246 bits per heavy atom. The van der Waals surface area contributed by atoms with Gasteiger partial charge in [0.2, 0.25) is 0 Å². The molecule has 280 valence electrons. The summed E-state index contributed by atoms with van der Waals surface area (Å²) in [7, 11) is 0. The highest BCUT2D eigenvalue weighted by Gasteiger charge is 2.53. The molecule has 1 atom stereocenters. The summed E-state index contributed by atoms with van der Waals surface area (Å²) in [5.41, 5.74) is 15.2. The minimum Gasteiger partial charge on any atom is -0.0619 e. The first-order chi connectivity index (χ1) is 30.3. The molecular weight excluding hydrogens is 733 g/mol. The van der Waals surface area contributed by atoms with E-state index in [2.05, 4.69) is 218 Å². The van der Waals surface area contributed by atoms with Crippen LogP contribution in [0.1, 0.15) is 22.3 Å². The summed E-state index contributed by atoms with van der Waals surface area (Å²) in [5, 5.41) is 15.4. The quantitative estimate of drug-likeness (QED) is 0.121. The Hall–Kier alpha value is -7.80. The molecule has 1 spiro atoms. The number of hydrogen-bond acceptors (Lipinski definition) is 0. The summed E-state index contributed by atoms with van der Waals surface area (Å²) in [6.07, 6.45) is 0. The molecule has 12 aromatic carbocycles. The van der Waals surface area contributed by atoms with Crippen LogP contribution in [0.3, 0.4) is 0 Å². The number of fused-ring (bicyclic) bond motifs is 20. The van der Waals surface area contributed by atoms with Crippen LogP contribution in [0.15, 0.2) is 218 Å². The molecule has 0 amide bonds. The van der Waals surface area contributed by atoms with Gasteiger partial charge in [0.15, 0.2) is 0 Å². The normalized spacial score (nSPS) is 15.0. The van der Waals surface area contributed by atoms with Gasteiger partial charge in [-0.25, -0.2) is 0 Å². The molecule has 14 rings (SSSR count). The molecule has 0 aromatic heterocycles. The van der Waals surface area contributed by atoms with Crippen molar-refractivity contribution >= 4 is 64.6 Å². The molecule has 0 heterocycles. The summed E-state index contributed by atoms with van der Waals surface area (Å²) >= 11 is 0. The maximum atomic E-state index is 2.58. The fourth-order valence-corrected chi connectivity index (χ4v) is 11.8. The van der Waals surface area contributed by atoms with Gasteiger partial charge in [-0.2, -0.15) is 0 Å². The third-order valence-corrected chi connectivity index (χ3v) is 14.2. The standard InChI is InChI=1S/C61H36/c1-5-19-43-37(14-1)18-13-26-44(43)41-29-31-49-50-32-30-42(57-46-21-7-3-16-39(46)34-40-17-4-8-22-47(40)57)36-56(50)61(55(49)35-41)54-27-12-11-25-53(54)59-51-24-10-9-23-48(51)52-33-28-38-15-2-6-20-45(38)58(52)60(59)61/h1-36H. The summed E-state index contributed by atoms with van der Waals surface area (Å²) < 4.78 is 0. The lowest BCUT2D eigenvalue weighted by Gasteiger charge is -2.33. The van der Waals surface area contributed by atoms with Crippen molar-refractivity contribution in [2.24, 2.45) is 0 Å². The van der Waals surface area contributed by atoms with Crippen LogP contribution in [0.25, 0.3) is 109 Å². The Labute approximate surface area is 353 Å². The van der Waals surface area contributed by atoms with E-state index in [1.807, 2.05) is 0 Å². The monoisotopic (exact) mass is 768 g/mol. The molecule has 0 fully saturated rings. The van der Waals surface area contributed by atoms with Gasteiger partial charge in [0.05, 0.1) is 5.41 Å². The summed E-state index contributed by atoms with van der Waals surface area (Å²) in [4.78, 5) is 0. The predicted molar refractivity (Wildman–Crippen MR) is 259 cm³/mol. The van der Waals surface area contributed by atoms with Crippen molar-refractivity contribution in [2.45, 2.75) is 5.41 Å². The van der Waals surface area contributed by atoms with E-state index in [0.29, 0.717) is 0 Å². The van der Waals surface area contributed by atoms with Crippen molar-refractivity contribution in [2.75, 3.05) is 0 Å². The van der Waals surface area contributed by atoms with Gasteiger partial charge >= 0.3 is 0 Å². The molecular formula is C61H36. The molecule has 0 heteroatoms. The highest BCUT2D eigenvalue weighted by atomic mass is 14.5. The lowest BCUT2D eigenvalue weighted by atomic mass is 9.68. The highest BCUT2D eigenvalue weighted by molar-refractivity contribution is 6.26. The van der Waals surface area contributed by atoms with Crippen LogP contribution >= 0.6 is 0 Å². The Balaban J connectivity index is 1.20. The number of rotatable bonds is 2. The van der Waals surface area contributed by atoms with Crippen LogP contribution < -0.4 is 0 Å². The van der Waals surface area contributed by atoms with Gasteiger partial charge in [-0.05, 0) is 150 Å². The van der Waals surface area contributed by atoms with Crippen molar-refractivity contribution in [3.8, 4) is 44.5 Å². The van der Waals surface area contributed by atoms with Gasteiger partial charge in [0.25, 0.3) is 0 Å². The average molecular weight is 769 g/mol. The highest BCUT2D eigenvalue weighted by Crippen LogP contribution is 2.66. The molecule has 12 aromatic rings. The first kappa shape index (κ1) is 33.1. The molecule has 0 saturated carbocycles. The van der Waals surface area contributed by atoms with E-state index in [1.54, 1.807) is 0 Å². The fourth-order valence-electron chi connectivity index (χ4n) is 11.8. The van der Waals surface area contributed by atoms with Crippen molar-refractivity contribution in [3.05, 3.63) is 241 Å². The maximum absolute atomic E-state index is 2.58. The maximum Gasteiger partial charge on any atom is 0.0732 e. The molecule has 0 radical (unpaired) electrons. The molecule has 0 aliphatic heterocycles. The fraction of sp³-hybridized carbons (Fsp3) is 0.0164. The molecule has 0 saturated heterocycles. The van der Waals surface area contributed by atoms with Crippen molar-refractivity contribution in [3.63, 3.8) is 0 Å². The van der Waals surface area contributed by atoms with Crippen LogP contribution in [0, 0.1) is 0 Å². The summed E-state index contributed by atoms with van der Waals surface area (Å²) in [6.45, 7) is 0. The second kappa shape index (κ2) is 12.1. The third kappa shape index (κ3) is 4.29. The Morgan fingerprint density at radius 2 is 0.770 bits per heavy atom. The van der Waals surface area contributed by atoms with E-state index in [4.69, 9.17) is 0 Å². The van der Waals surface area contributed by atoms with Crippen molar-refractivity contribution in [1.29, 1.82) is 0 Å². The van der Waals surface area contributed by atoms with Crippen LogP contribution in [0.5, 0.6) is 0 Å². The van der Waals surface area contributed by atoms with Crippen molar-refractivity contribution in [1.82, 2.24) is 0 Å². The predicted octanol–water partition coefficient (Wildman–Crippen LogP) is 16.3. The van der Waals surface area contributed by atoms with Gasteiger partial charge < -0.3 is 0 Å². The average Bonchev–Trinajstić information content (AvgIpc) is 3.80. The van der Waals surface area contributed by atoms with E-state index >= 15 is 0 Å². The lowest BCUT2D eigenvalue weighted by Crippen LogP contribution is -2.26. The molecule has 61 heavy (non-hydrogen) atoms. The lowest BCUT2D eigenvalue weighted by molar-refractivity contribution is 0.803. The van der Waals surface area contributed by atoms with Crippen molar-refractivity contribution < 1.29 is 0 Å². The Kier molecular flexibility index (Phi) is 6.58. The summed E-state index contributed by atoms with van der Waals surface area (Å²) in [6, 6.07) is 82.7. The van der Waals surface area contributed by atoms with Crippen LogP contribution in [-0.4, -0.2) is 0 Å². The van der Waals surface area contributed by atoms with Gasteiger partial charge in [0, 0.05) is 0 Å². The van der Waals surface area contributed by atoms with Gasteiger partial charge in [0.1, 0.15) is 0 Å². The second-order valence-electron chi connectivity index (χ2n) is 17.0. The SMILES string of the molecule is c1ccc2c(c1)-c1c(c3c4ccccc4ccc3c3ccccc13)C21c2cc(-c3cccc4ccccc34)ccc2-c2ccc(-c3c4ccccc4cc4ccccc34)cc21. The molecule has 2 aliphatic carbocycles. The molecule has 0 bridgehead atoms. The minimum atomic E-state index is -0.611. The smallest absolute Gasteiger partial charge is 0.0619 e. The zero-order chi connectivity index (χ0) is 39.8. The topological polar surface area (TPSA) is 0 Å². The first-order valence-corrected chi connectivity index (χ1v) is 21.4. The van der Waals surface area contributed by atoms with Crippen LogP contribution in [-0.2, 0) is 5.41 Å². The number of hydrogen-bond donors (Lipinski definition) is 0. The van der Waals surface area contributed by atoms with Gasteiger partial charge in [-0.1, -0.05) is 200 Å². The Bertz CT molecular complexity index is 3820. The van der Waals surface area contributed by atoms with Crippen LogP contribution in [0.4, 0.5) is 0 Å². The van der Waals surface area contributed by atoms with E-state index in [-0.39, 0.29) is 0 Å². The molecule has 1 unspecified atom stereocenters. The molecule has 0 N–H and O–H groups in total. The first-order valence-electron chi connectivity index (χ1n) is 21.4. The van der Waals surface area contributed by atoms with E-state index in [0.717, 1.165) is 0 Å². The van der Waals surface area contributed by atoms with E-state index in [1.165, 1.54) is 131 Å². The van der Waals surface area contributed by atoms with Gasteiger partial charge in [-0.3, -0.25) is 0 Å². The third-order valence-electron chi connectivity index (χ3n) is 14.2. The van der Waals surface area contributed by atoms with E-state index < -0.39 is 5.41 Å². The molecule has 2 aliphatic rings. The summed E-state index contributed by atoms with van der Waals surface area (Å²) in [5.74, 6) is 0. The largest absolute Gasteiger partial charge is 0.0732 e. The van der Waals surface area contributed by atoms with Crippen LogP contribution in [0.2, 0.25) is 0 Å². The number of benzene rings is 12. The molecule has 0 nitrogen and oxygen atoms in total. The minimum absolute atomic E-state index is 0.611. The Morgan fingerprint density at radius 3 is 1.51 bits per heavy atom. The van der Waals surface area contributed by atoms with E-state index in [9.17, 15) is 0 Å². The second-order valence-corrected chi connectivity index (χ2v) is 17.0. The van der Waals surface area contributed by atoms with Gasteiger partial charge in [-0.15, -0.1) is 0 Å². The zero-order valence-corrected chi connectivity index (χ0v) is 33.3. The zero-order valence-electron chi connectivity index (χ0n) is 33.3.